The van der Waals surface area contributed by atoms with Gasteiger partial charge >= 0.3 is 5.97 Å². The zero-order chi connectivity index (χ0) is 15.3. The molecule has 1 aromatic rings. The number of ether oxygens (including phenoxy) is 1. The van der Waals surface area contributed by atoms with E-state index >= 15 is 0 Å². The quantitative estimate of drug-likeness (QED) is 0.611. The normalized spacial score (nSPS) is 11.6. The van der Waals surface area contributed by atoms with E-state index in [1.54, 1.807) is 0 Å². The third-order valence-corrected chi connectivity index (χ3v) is 4.27. The number of hydrogen-bond acceptors (Lipinski definition) is 5. The Bertz CT molecular complexity index is 582. The number of benzene rings is 1. The summed E-state index contributed by atoms with van der Waals surface area (Å²) in [4.78, 5) is 11.3. The minimum atomic E-state index is -3.66. The highest BCUT2D eigenvalue weighted by Gasteiger charge is 2.18. The number of carbonyl (C=O) groups excluding carboxylic acids is 1. The van der Waals surface area contributed by atoms with Gasteiger partial charge in [-0.15, -0.1) is 0 Å². The Morgan fingerprint density at radius 3 is 2.55 bits per heavy atom. The fourth-order valence-electron chi connectivity index (χ4n) is 1.60. The highest BCUT2D eigenvalue weighted by Crippen LogP contribution is 2.20. The number of hydrogen-bond donors (Lipinski definition) is 2. The summed E-state index contributed by atoms with van der Waals surface area (Å²) in [5.41, 5.74) is 5.94. The van der Waals surface area contributed by atoms with E-state index in [0.29, 0.717) is 12.5 Å². The molecule has 0 aliphatic carbocycles. The number of nitrogens with two attached hydrogens (primary N) is 1. The number of nitrogen functional groups attached to an aromatic ring is 1. The summed E-state index contributed by atoms with van der Waals surface area (Å²) < 4.78 is 31.2. The molecule has 0 atom stereocenters. The molecule has 3 N–H and O–H groups in total. The van der Waals surface area contributed by atoms with Crippen LogP contribution < -0.4 is 10.5 Å². The van der Waals surface area contributed by atoms with E-state index in [2.05, 4.69) is 9.46 Å². The predicted octanol–water partition coefficient (Wildman–Crippen LogP) is 1.38. The van der Waals surface area contributed by atoms with Crippen LogP contribution in [0.4, 0.5) is 5.69 Å². The van der Waals surface area contributed by atoms with Crippen molar-refractivity contribution >= 4 is 21.7 Å². The van der Waals surface area contributed by atoms with Gasteiger partial charge in [-0.25, -0.2) is 17.9 Å². The van der Waals surface area contributed by atoms with Crippen molar-refractivity contribution < 1.29 is 17.9 Å². The van der Waals surface area contributed by atoms with Gasteiger partial charge in [0.1, 0.15) is 4.90 Å². The van der Waals surface area contributed by atoms with Crippen molar-refractivity contribution in [3.05, 3.63) is 23.8 Å². The Morgan fingerprint density at radius 1 is 1.40 bits per heavy atom. The second-order valence-electron chi connectivity index (χ2n) is 4.82. The van der Waals surface area contributed by atoms with Gasteiger partial charge in [0.25, 0.3) is 0 Å². The number of sulfonamides is 1. The van der Waals surface area contributed by atoms with Crippen molar-refractivity contribution in [1.29, 1.82) is 0 Å². The van der Waals surface area contributed by atoms with Gasteiger partial charge in [-0.05, 0) is 30.5 Å². The van der Waals surface area contributed by atoms with Crippen LogP contribution in [0.5, 0.6) is 0 Å². The topological polar surface area (TPSA) is 98.5 Å². The molecular formula is C13H20N2O4S. The number of methoxy groups -OCH3 is 1. The Hall–Kier alpha value is -1.60. The molecule has 20 heavy (non-hydrogen) atoms. The van der Waals surface area contributed by atoms with Crippen LogP contribution in [0.1, 0.15) is 30.6 Å². The van der Waals surface area contributed by atoms with Crippen LogP contribution in [0.25, 0.3) is 0 Å². The van der Waals surface area contributed by atoms with Crippen LogP contribution in [-0.4, -0.2) is 28.0 Å². The fraction of sp³-hybridized carbons (Fsp3) is 0.462. The summed E-state index contributed by atoms with van der Waals surface area (Å²) in [5.74, 6) is -0.162. The van der Waals surface area contributed by atoms with Crippen molar-refractivity contribution in [3.63, 3.8) is 0 Å². The van der Waals surface area contributed by atoms with E-state index in [1.807, 2.05) is 13.8 Å². The maximum Gasteiger partial charge on any atom is 0.337 e. The summed E-state index contributed by atoms with van der Waals surface area (Å²) in [6.07, 6.45) is 0.735. The van der Waals surface area contributed by atoms with Crippen molar-refractivity contribution in [1.82, 2.24) is 4.72 Å². The van der Waals surface area contributed by atoms with Gasteiger partial charge in [0.2, 0.25) is 10.0 Å². The van der Waals surface area contributed by atoms with E-state index in [-0.39, 0.29) is 16.1 Å². The highest BCUT2D eigenvalue weighted by molar-refractivity contribution is 7.89. The average molecular weight is 300 g/mol. The lowest BCUT2D eigenvalue weighted by Crippen LogP contribution is -2.26. The molecule has 0 fully saturated rings. The Labute approximate surface area is 119 Å². The minimum absolute atomic E-state index is 0.0185. The second-order valence-corrected chi connectivity index (χ2v) is 6.56. The standard InChI is InChI=1S/C13H20N2O4S/c1-9(2)6-7-15-20(17,18)12-5-4-10(8-11(12)14)13(16)19-3/h4-5,8-9,15H,6-7,14H2,1-3H3. The van der Waals surface area contributed by atoms with Gasteiger partial charge < -0.3 is 10.5 Å². The molecule has 0 aliphatic rings. The molecule has 1 rings (SSSR count). The number of rotatable bonds is 6. The Kier molecular flexibility index (Phi) is 5.52. The first-order chi connectivity index (χ1) is 9.27. The van der Waals surface area contributed by atoms with Crippen LogP contribution >= 0.6 is 0 Å². The molecule has 0 saturated carbocycles. The molecule has 0 unspecified atom stereocenters. The number of anilines is 1. The molecule has 112 valence electrons. The van der Waals surface area contributed by atoms with Gasteiger partial charge in [-0.1, -0.05) is 13.8 Å². The highest BCUT2D eigenvalue weighted by atomic mass is 32.2. The van der Waals surface area contributed by atoms with Gasteiger partial charge in [-0.2, -0.15) is 0 Å². The van der Waals surface area contributed by atoms with Gasteiger partial charge in [0, 0.05) is 6.54 Å². The summed E-state index contributed by atoms with van der Waals surface area (Å²) in [5, 5.41) is 0. The molecule has 1 aromatic carbocycles. The molecule has 0 bridgehead atoms. The largest absolute Gasteiger partial charge is 0.465 e. The van der Waals surface area contributed by atoms with Crippen LogP contribution in [-0.2, 0) is 14.8 Å². The van der Waals surface area contributed by atoms with Crippen LogP contribution in [0, 0.1) is 5.92 Å². The molecule has 0 amide bonds. The predicted molar refractivity (Wildman–Crippen MR) is 76.8 cm³/mol. The first-order valence-corrected chi connectivity index (χ1v) is 7.73. The summed E-state index contributed by atoms with van der Waals surface area (Å²) in [6, 6.07) is 3.97. The van der Waals surface area contributed by atoms with E-state index < -0.39 is 16.0 Å². The molecule has 7 heteroatoms. The van der Waals surface area contributed by atoms with Gasteiger partial charge in [0.05, 0.1) is 18.4 Å². The molecule has 0 aromatic heterocycles. The lowest BCUT2D eigenvalue weighted by Gasteiger charge is -2.11. The van der Waals surface area contributed by atoms with Crippen LogP contribution in [0.2, 0.25) is 0 Å². The first kappa shape index (κ1) is 16.5. The number of nitrogens with one attached hydrogen (secondary N) is 1. The second kappa shape index (κ2) is 6.71. The monoisotopic (exact) mass is 300 g/mol. The average Bonchev–Trinajstić information content (AvgIpc) is 2.36. The first-order valence-electron chi connectivity index (χ1n) is 6.25. The minimum Gasteiger partial charge on any atom is -0.465 e. The van der Waals surface area contributed by atoms with E-state index in [4.69, 9.17) is 5.73 Å². The van der Waals surface area contributed by atoms with Crippen molar-refractivity contribution in [2.45, 2.75) is 25.2 Å². The van der Waals surface area contributed by atoms with E-state index in [1.165, 1.54) is 25.3 Å². The van der Waals surface area contributed by atoms with Crippen LogP contribution in [0.15, 0.2) is 23.1 Å². The van der Waals surface area contributed by atoms with E-state index in [0.717, 1.165) is 6.42 Å². The fourth-order valence-corrected chi connectivity index (χ4v) is 2.76. The molecule has 0 radical (unpaired) electrons. The zero-order valence-corrected chi connectivity index (χ0v) is 12.7. The van der Waals surface area contributed by atoms with Crippen molar-refractivity contribution in [2.24, 2.45) is 5.92 Å². The van der Waals surface area contributed by atoms with Gasteiger partial charge in [0.15, 0.2) is 0 Å². The van der Waals surface area contributed by atoms with Crippen LogP contribution in [0.3, 0.4) is 0 Å². The molecule has 0 spiro atoms. The molecule has 6 nitrogen and oxygen atoms in total. The Morgan fingerprint density at radius 2 is 2.05 bits per heavy atom. The lowest BCUT2D eigenvalue weighted by atomic mass is 10.1. The summed E-state index contributed by atoms with van der Waals surface area (Å²) >= 11 is 0. The Balaban J connectivity index is 2.93. The smallest absolute Gasteiger partial charge is 0.337 e. The van der Waals surface area contributed by atoms with E-state index in [9.17, 15) is 13.2 Å². The van der Waals surface area contributed by atoms with Crippen molar-refractivity contribution in [3.8, 4) is 0 Å². The number of esters is 1. The van der Waals surface area contributed by atoms with Gasteiger partial charge in [-0.3, -0.25) is 0 Å². The molecule has 0 aliphatic heterocycles. The summed E-state index contributed by atoms with van der Waals surface area (Å²) in [6.45, 7) is 4.36. The molecule has 0 saturated heterocycles. The number of carbonyl (C=O) groups is 1. The maximum atomic E-state index is 12.1. The third kappa shape index (κ3) is 4.21. The molecular weight excluding hydrogens is 280 g/mol. The SMILES string of the molecule is COC(=O)c1ccc(S(=O)(=O)NCCC(C)C)c(N)c1. The molecule has 0 heterocycles. The summed E-state index contributed by atoms with van der Waals surface area (Å²) in [7, 11) is -2.42. The lowest BCUT2D eigenvalue weighted by molar-refractivity contribution is 0.0600. The maximum absolute atomic E-state index is 12.1. The zero-order valence-electron chi connectivity index (χ0n) is 11.8. The third-order valence-electron chi connectivity index (χ3n) is 2.73. The van der Waals surface area contributed by atoms with Crippen molar-refractivity contribution in [2.75, 3.05) is 19.4 Å².